The summed E-state index contributed by atoms with van der Waals surface area (Å²) < 4.78 is 0. The summed E-state index contributed by atoms with van der Waals surface area (Å²) in [6.45, 7) is 4.75. The number of primary amides is 1. The maximum atomic E-state index is 11.0. The monoisotopic (exact) mass is 276 g/mol. The molecule has 2 N–H and O–H groups in total. The highest BCUT2D eigenvalue weighted by Gasteiger charge is 2.16. The lowest BCUT2D eigenvalue weighted by Gasteiger charge is -2.25. The van der Waals surface area contributed by atoms with Crippen LogP contribution in [0.25, 0.3) is 0 Å². The van der Waals surface area contributed by atoms with Crippen LogP contribution in [0.15, 0.2) is 6.07 Å². The molecule has 1 aromatic heterocycles. The van der Waals surface area contributed by atoms with Gasteiger partial charge in [0, 0.05) is 12.6 Å². The minimum absolute atomic E-state index is 0.0694. The molecule has 0 fully saturated rings. The first-order valence-electron chi connectivity index (χ1n) is 5.12. The summed E-state index contributed by atoms with van der Waals surface area (Å²) >= 11 is 11.7. The van der Waals surface area contributed by atoms with Gasteiger partial charge in [-0.25, -0.2) is 0 Å². The van der Waals surface area contributed by atoms with E-state index < -0.39 is 5.91 Å². The van der Waals surface area contributed by atoms with E-state index in [1.54, 1.807) is 11.0 Å². The molecule has 17 heavy (non-hydrogen) atoms. The zero-order valence-corrected chi connectivity index (χ0v) is 11.2. The van der Waals surface area contributed by atoms with Crippen LogP contribution in [-0.2, 0) is 4.79 Å². The number of carbonyl (C=O) groups is 1. The smallest absolute Gasteiger partial charge is 0.236 e. The summed E-state index contributed by atoms with van der Waals surface area (Å²) in [5, 5.41) is 7.75. The minimum Gasteiger partial charge on any atom is -0.368 e. The Morgan fingerprint density at radius 2 is 2.12 bits per heavy atom. The van der Waals surface area contributed by atoms with Crippen molar-refractivity contribution < 1.29 is 4.79 Å². The second kappa shape index (κ2) is 6.02. The minimum atomic E-state index is -0.436. The second-order valence-electron chi connectivity index (χ2n) is 4.08. The van der Waals surface area contributed by atoms with Crippen molar-refractivity contribution >= 4 is 34.8 Å². The lowest BCUT2D eigenvalue weighted by atomic mass is 10.2. The van der Waals surface area contributed by atoms with E-state index in [1.165, 1.54) is 0 Å². The van der Waals surface area contributed by atoms with E-state index in [0.717, 1.165) is 0 Å². The number of rotatable bonds is 5. The average molecular weight is 277 g/mol. The molecular weight excluding hydrogens is 263 g/mol. The Bertz CT molecular complexity index is 411. The van der Waals surface area contributed by atoms with Crippen LogP contribution in [0.2, 0.25) is 10.3 Å². The van der Waals surface area contributed by atoms with Gasteiger partial charge in [0.05, 0.1) is 12.2 Å². The van der Waals surface area contributed by atoms with Gasteiger partial charge in [-0.2, -0.15) is 0 Å². The molecule has 5 nitrogen and oxygen atoms in total. The van der Waals surface area contributed by atoms with E-state index in [2.05, 4.69) is 10.2 Å². The molecular formula is C10H14Cl2N4O. The first-order valence-corrected chi connectivity index (χ1v) is 5.87. The lowest BCUT2D eigenvalue weighted by molar-refractivity contribution is -0.116. The van der Waals surface area contributed by atoms with Crippen molar-refractivity contribution in [2.75, 3.05) is 18.0 Å². The molecule has 94 valence electrons. The zero-order valence-electron chi connectivity index (χ0n) is 9.65. The molecule has 0 radical (unpaired) electrons. The van der Waals surface area contributed by atoms with E-state index in [0.29, 0.717) is 18.2 Å². The third-order valence-corrected chi connectivity index (χ3v) is 2.43. The van der Waals surface area contributed by atoms with Crippen molar-refractivity contribution in [2.24, 2.45) is 11.7 Å². The number of hydrogen-bond acceptors (Lipinski definition) is 4. The Morgan fingerprint density at radius 1 is 1.47 bits per heavy atom. The molecule has 1 rings (SSSR count). The van der Waals surface area contributed by atoms with Gasteiger partial charge in [-0.1, -0.05) is 37.0 Å². The number of carbonyl (C=O) groups excluding carboxylic acids is 1. The van der Waals surface area contributed by atoms with E-state index in [1.807, 2.05) is 13.8 Å². The number of aromatic nitrogens is 2. The van der Waals surface area contributed by atoms with Gasteiger partial charge in [-0.3, -0.25) is 4.79 Å². The van der Waals surface area contributed by atoms with Crippen molar-refractivity contribution in [3.63, 3.8) is 0 Å². The Morgan fingerprint density at radius 3 is 2.65 bits per heavy atom. The molecule has 0 atom stereocenters. The molecule has 0 aromatic carbocycles. The first kappa shape index (κ1) is 14.0. The average Bonchev–Trinajstić information content (AvgIpc) is 2.19. The number of nitrogens with zero attached hydrogens (tertiary/aromatic N) is 3. The van der Waals surface area contributed by atoms with Crippen molar-refractivity contribution in [3.05, 3.63) is 16.4 Å². The Hall–Kier alpha value is -1.07. The van der Waals surface area contributed by atoms with Crippen LogP contribution in [0.1, 0.15) is 13.8 Å². The molecule has 0 aliphatic rings. The van der Waals surface area contributed by atoms with Crippen LogP contribution in [0, 0.1) is 5.92 Å². The van der Waals surface area contributed by atoms with Gasteiger partial charge in [0.1, 0.15) is 0 Å². The molecule has 0 aliphatic heterocycles. The largest absolute Gasteiger partial charge is 0.368 e. The fourth-order valence-corrected chi connectivity index (χ4v) is 1.80. The quantitative estimate of drug-likeness (QED) is 0.889. The van der Waals surface area contributed by atoms with Gasteiger partial charge >= 0.3 is 0 Å². The number of halogens is 2. The summed E-state index contributed by atoms with van der Waals surface area (Å²) in [7, 11) is 0. The molecule has 1 amide bonds. The summed E-state index contributed by atoms with van der Waals surface area (Å²) in [6.07, 6.45) is 0. The molecule has 0 saturated carbocycles. The van der Waals surface area contributed by atoms with Crippen LogP contribution in [0.5, 0.6) is 0 Å². The molecule has 0 bridgehead atoms. The third-order valence-electron chi connectivity index (χ3n) is 1.97. The standard InChI is InChI=1S/C10H14Cl2N4O/c1-6(2)4-16(5-9(13)17)7-3-8(11)14-15-10(7)12/h3,6H,4-5H2,1-2H3,(H2,13,17). The van der Waals surface area contributed by atoms with Crippen LogP contribution in [0.3, 0.4) is 0 Å². The lowest BCUT2D eigenvalue weighted by Crippen LogP contribution is -2.36. The predicted octanol–water partition coefficient (Wildman–Crippen LogP) is 1.73. The molecule has 1 aromatic rings. The van der Waals surface area contributed by atoms with Crippen LogP contribution in [0.4, 0.5) is 5.69 Å². The predicted molar refractivity (Wildman–Crippen MR) is 68.3 cm³/mol. The van der Waals surface area contributed by atoms with Crippen molar-refractivity contribution in [3.8, 4) is 0 Å². The molecule has 0 saturated heterocycles. The molecule has 0 unspecified atom stereocenters. The van der Waals surface area contributed by atoms with Gasteiger partial charge in [0.15, 0.2) is 10.3 Å². The Kier molecular flexibility index (Phi) is 4.96. The second-order valence-corrected chi connectivity index (χ2v) is 4.83. The van der Waals surface area contributed by atoms with Crippen molar-refractivity contribution in [1.82, 2.24) is 10.2 Å². The Balaban J connectivity index is 3.02. The normalized spacial score (nSPS) is 10.6. The van der Waals surface area contributed by atoms with Gasteiger partial charge in [0.25, 0.3) is 0 Å². The van der Waals surface area contributed by atoms with Gasteiger partial charge in [-0.05, 0) is 5.92 Å². The third kappa shape index (κ3) is 4.36. The highest BCUT2D eigenvalue weighted by atomic mass is 35.5. The number of nitrogens with two attached hydrogens (primary N) is 1. The number of anilines is 1. The number of amides is 1. The molecule has 1 heterocycles. The summed E-state index contributed by atoms with van der Waals surface area (Å²) in [4.78, 5) is 12.8. The van der Waals surface area contributed by atoms with Crippen LogP contribution in [-0.4, -0.2) is 29.2 Å². The van der Waals surface area contributed by atoms with Gasteiger partial charge in [-0.15, -0.1) is 10.2 Å². The topological polar surface area (TPSA) is 72.1 Å². The van der Waals surface area contributed by atoms with Crippen molar-refractivity contribution in [1.29, 1.82) is 0 Å². The zero-order chi connectivity index (χ0) is 13.0. The van der Waals surface area contributed by atoms with E-state index in [4.69, 9.17) is 28.9 Å². The summed E-state index contributed by atoms with van der Waals surface area (Å²) in [5.74, 6) is -0.0907. The van der Waals surface area contributed by atoms with E-state index >= 15 is 0 Å². The number of hydrogen-bond donors (Lipinski definition) is 1. The highest BCUT2D eigenvalue weighted by Crippen LogP contribution is 2.25. The fourth-order valence-electron chi connectivity index (χ4n) is 1.44. The highest BCUT2D eigenvalue weighted by molar-refractivity contribution is 6.33. The Labute approximate surface area is 110 Å². The molecule has 7 heteroatoms. The van der Waals surface area contributed by atoms with E-state index in [9.17, 15) is 4.79 Å². The summed E-state index contributed by atoms with van der Waals surface area (Å²) in [5.41, 5.74) is 5.77. The SMILES string of the molecule is CC(C)CN(CC(N)=O)c1cc(Cl)nnc1Cl. The molecule has 0 spiro atoms. The molecule has 0 aliphatic carbocycles. The fraction of sp³-hybridized carbons (Fsp3) is 0.500. The van der Waals surface area contributed by atoms with Gasteiger partial charge in [0.2, 0.25) is 5.91 Å². The maximum Gasteiger partial charge on any atom is 0.236 e. The van der Waals surface area contributed by atoms with E-state index in [-0.39, 0.29) is 16.9 Å². The van der Waals surface area contributed by atoms with Crippen LogP contribution < -0.4 is 10.6 Å². The van der Waals surface area contributed by atoms with Gasteiger partial charge < -0.3 is 10.6 Å². The first-order chi connectivity index (χ1) is 7.90. The maximum absolute atomic E-state index is 11.0. The van der Waals surface area contributed by atoms with Crippen LogP contribution >= 0.6 is 23.2 Å². The summed E-state index contributed by atoms with van der Waals surface area (Å²) in [6, 6.07) is 1.57. The van der Waals surface area contributed by atoms with Crippen molar-refractivity contribution in [2.45, 2.75) is 13.8 Å².